The van der Waals surface area contributed by atoms with Crippen molar-refractivity contribution in [1.29, 1.82) is 0 Å². The number of rotatable bonds is 4. The summed E-state index contributed by atoms with van der Waals surface area (Å²) >= 11 is 0. The molecule has 2 saturated carbocycles. The van der Waals surface area contributed by atoms with Crippen molar-refractivity contribution in [2.24, 2.45) is 11.8 Å². The van der Waals surface area contributed by atoms with Crippen molar-refractivity contribution in [2.75, 3.05) is 0 Å². The molecule has 3 aliphatic rings. The van der Waals surface area contributed by atoms with Gasteiger partial charge in [-0.1, -0.05) is 58.3 Å². The van der Waals surface area contributed by atoms with Crippen molar-refractivity contribution >= 4 is 11.8 Å². The maximum Gasteiger partial charge on any atom is 0.257 e. The van der Waals surface area contributed by atoms with Crippen molar-refractivity contribution in [2.45, 2.75) is 110 Å². The van der Waals surface area contributed by atoms with Gasteiger partial charge in [-0.15, -0.1) is 0 Å². The fourth-order valence-corrected chi connectivity index (χ4v) is 6.12. The van der Waals surface area contributed by atoms with Gasteiger partial charge in [-0.3, -0.25) is 14.5 Å². The van der Waals surface area contributed by atoms with Gasteiger partial charge < -0.3 is 0 Å². The summed E-state index contributed by atoms with van der Waals surface area (Å²) < 4.78 is 0. The first-order valence-electron chi connectivity index (χ1n) is 11.1. The SMILES string of the molecule is CCC(C1CCCCCC1)(C1CCCCCC1)N1C(=O)C(C)=C(C)C1=O. The number of hydrogen-bond donors (Lipinski definition) is 0. The molecule has 0 spiro atoms. The van der Waals surface area contributed by atoms with Crippen LogP contribution in [0.5, 0.6) is 0 Å². The molecule has 1 heterocycles. The topological polar surface area (TPSA) is 37.4 Å². The molecule has 0 aromatic heterocycles. The average Bonchev–Trinajstić information content (AvgIpc) is 3.01. The average molecular weight is 360 g/mol. The Hall–Kier alpha value is -1.12. The van der Waals surface area contributed by atoms with E-state index in [1.807, 2.05) is 13.8 Å². The van der Waals surface area contributed by atoms with Gasteiger partial charge in [-0.2, -0.15) is 0 Å². The van der Waals surface area contributed by atoms with E-state index in [0.717, 1.165) is 6.42 Å². The van der Waals surface area contributed by atoms with Gasteiger partial charge >= 0.3 is 0 Å². The van der Waals surface area contributed by atoms with Gasteiger partial charge in [0.15, 0.2) is 0 Å². The third-order valence-electron chi connectivity index (χ3n) is 7.72. The lowest BCUT2D eigenvalue weighted by Gasteiger charge is -2.51. The molecule has 0 bridgehead atoms. The highest BCUT2D eigenvalue weighted by Crippen LogP contribution is 2.49. The van der Waals surface area contributed by atoms with Gasteiger partial charge in [0.2, 0.25) is 0 Å². The van der Waals surface area contributed by atoms with Crippen LogP contribution in [0.15, 0.2) is 11.1 Å². The molecule has 2 amide bonds. The molecule has 2 aliphatic carbocycles. The predicted octanol–water partition coefficient (Wildman–Crippen LogP) is 5.78. The van der Waals surface area contributed by atoms with Crippen LogP contribution in [0.25, 0.3) is 0 Å². The number of amides is 2. The molecular formula is C23H37NO2. The second-order valence-corrected chi connectivity index (χ2v) is 8.92. The lowest BCUT2D eigenvalue weighted by molar-refractivity contribution is -0.153. The highest BCUT2D eigenvalue weighted by molar-refractivity contribution is 6.19. The fraction of sp³-hybridized carbons (Fsp3) is 0.826. The minimum Gasteiger partial charge on any atom is -0.269 e. The summed E-state index contributed by atoms with van der Waals surface area (Å²) in [5, 5.41) is 0. The molecule has 3 nitrogen and oxygen atoms in total. The number of carbonyl (C=O) groups is 2. The summed E-state index contributed by atoms with van der Waals surface area (Å²) in [5.41, 5.74) is 1.09. The molecule has 0 atom stereocenters. The summed E-state index contributed by atoms with van der Waals surface area (Å²) in [6, 6.07) is 0. The van der Waals surface area contributed by atoms with Crippen LogP contribution in [0.4, 0.5) is 0 Å². The lowest BCUT2D eigenvalue weighted by Crippen LogP contribution is -2.61. The van der Waals surface area contributed by atoms with Gasteiger partial charge in [0.05, 0.1) is 5.54 Å². The molecule has 0 unspecified atom stereocenters. The first-order valence-corrected chi connectivity index (χ1v) is 11.1. The van der Waals surface area contributed by atoms with Crippen molar-refractivity contribution in [3.05, 3.63) is 11.1 Å². The lowest BCUT2D eigenvalue weighted by atomic mass is 9.65. The number of hydrogen-bond acceptors (Lipinski definition) is 2. The van der Waals surface area contributed by atoms with Gasteiger partial charge in [0.1, 0.15) is 0 Å². The Morgan fingerprint density at radius 3 is 1.38 bits per heavy atom. The molecule has 3 rings (SSSR count). The Bertz CT molecular complexity index is 517. The molecule has 0 saturated heterocycles. The van der Waals surface area contributed by atoms with E-state index < -0.39 is 0 Å². The molecule has 0 radical (unpaired) electrons. The van der Waals surface area contributed by atoms with Gasteiger partial charge in [-0.05, 0) is 57.8 Å². The van der Waals surface area contributed by atoms with Gasteiger partial charge in [0.25, 0.3) is 11.8 Å². The second kappa shape index (κ2) is 8.27. The molecule has 2 fully saturated rings. The maximum atomic E-state index is 13.2. The van der Waals surface area contributed by atoms with Crippen molar-refractivity contribution in [3.8, 4) is 0 Å². The van der Waals surface area contributed by atoms with E-state index in [-0.39, 0.29) is 17.4 Å². The van der Waals surface area contributed by atoms with Gasteiger partial charge in [-0.25, -0.2) is 0 Å². The summed E-state index contributed by atoms with van der Waals surface area (Å²) in [6.07, 6.45) is 15.9. The Kier molecular flexibility index (Phi) is 6.25. The van der Waals surface area contributed by atoms with Crippen LogP contribution in [0.3, 0.4) is 0 Å². The zero-order valence-electron chi connectivity index (χ0n) is 17.1. The van der Waals surface area contributed by atoms with Crippen LogP contribution in [-0.2, 0) is 9.59 Å². The van der Waals surface area contributed by atoms with E-state index in [9.17, 15) is 9.59 Å². The van der Waals surface area contributed by atoms with Crippen LogP contribution in [-0.4, -0.2) is 22.3 Å². The highest BCUT2D eigenvalue weighted by Gasteiger charge is 2.54. The third-order valence-corrected chi connectivity index (χ3v) is 7.72. The molecule has 0 aromatic rings. The molecule has 26 heavy (non-hydrogen) atoms. The summed E-state index contributed by atoms with van der Waals surface area (Å²) in [7, 11) is 0. The van der Waals surface area contributed by atoms with Crippen LogP contribution in [0.1, 0.15) is 104 Å². The fourth-order valence-electron chi connectivity index (χ4n) is 6.12. The Morgan fingerprint density at radius 1 is 0.731 bits per heavy atom. The third kappa shape index (κ3) is 3.27. The van der Waals surface area contributed by atoms with E-state index in [1.165, 1.54) is 77.0 Å². The molecular weight excluding hydrogens is 322 g/mol. The quantitative estimate of drug-likeness (QED) is 0.471. The predicted molar refractivity (Wildman–Crippen MR) is 106 cm³/mol. The standard InChI is InChI=1S/C23H37NO2/c1-4-23(19-13-9-5-6-10-14-19,20-15-11-7-8-12-16-20)24-21(25)17(2)18(3)22(24)26/h19-20H,4-16H2,1-3H3. The Labute approximate surface area is 159 Å². The van der Waals surface area contributed by atoms with Crippen LogP contribution in [0, 0.1) is 11.8 Å². The molecule has 1 aliphatic heterocycles. The van der Waals surface area contributed by atoms with E-state index in [1.54, 1.807) is 4.90 Å². The first kappa shape index (κ1) is 19.6. The minimum atomic E-state index is -0.262. The normalized spacial score (nSPS) is 25.0. The van der Waals surface area contributed by atoms with E-state index in [0.29, 0.717) is 23.0 Å². The number of carbonyl (C=O) groups excluding carboxylic acids is 2. The van der Waals surface area contributed by atoms with Crippen molar-refractivity contribution < 1.29 is 9.59 Å². The number of imide groups is 1. The Balaban J connectivity index is 2.05. The van der Waals surface area contributed by atoms with Crippen LogP contribution >= 0.6 is 0 Å². The zero-order valence-corrected chi connectivity index (χ0v) is 17.1. The van der Waals surface area contributed by atoms with E-state index >= 15 is 0 Å². The number of nitrogens with zero attached hydrogens (tertiary/aromatic N) is 1. The summed E-state index contributed by atoms with van der Waals surface area (Å²) in [6.45, 7) is 5.92. The summed E-state index contributed by atoms with van der Waals surface area (Å²) in [4.78, 5) is 28.3. The zero-order chi connectivity index (χ0) is 18.7. The minimum absolute atomic E-state index is 0.00263. The van der Waals surface area contributed by atoms with Crippen LogP contribution < -0.4 is 0 Å². The largest absolute Gasteiger partial charge is 0.269 e. The van der Waals surface area contributed by atoms with Crippen molar-refractivity contribution in [3.63, 3.8) is 0 Å². The highest BCUT2D eigenvalue weighted by atomic mass is 16.2. The van der Waals surface area contributed by atoms with Crippen LogP contribution in [0.2, 0.25) is 0 Å². The van der Waals surface area contributed by atoms with Gasteiger partial charge in [0, 0.05) is 11.1 Å². The monoisotopic (exact) mass is 359 g/mol. The summed E-state index contributed by atoms with van der Waals surface area (Å²) in [5.74, 6) is 0.958. The van der Waals surface area contributed by atoms with E-state index in [4.69, 9.17) is 0 Å². The molecule has 0 aromatic carbocycles. The van der Waals surface area contributed by atoms with Crippen molar-refractivity contribution in [1.82, 2.24) is 4.90 Å². The Morgan fingerprint density at radius 2 is 1.08 bits per heavy atom. The smallest absolute Gasteiger partial charge is 0.257 e. The molecule has 146 valence electrons. The molecule has 0 N–H and O–H groups in total. The molecule has 3 heteroatoms. The maximum absolute atomic E-state index is 13.2. The first-order chi connectivity index (χ1) is 12.5. The van der Waals surface area contributed by atoms with E-state index in [2.05, 4.69) is 6.92 Å². The second-order valence-electron chi connectivity index (χ2n) is 8.92.